The van der Waals surface area contributed by atoms with Gasteiger partial charge >= 0.3 is 16.4 Å². The van der Waals surface area contributed by atoms with Crippen LogP contribution in [0.25, 0.3) is 11.2 Å². The Morgan fingerprint density at radius 1 is 1.23 bits per heavy atom. The first-order chi connectivity index (χ1) is 19.0. The van der Waals surface area contributed by atoms with Crippen LogP contribution in [-0.2, 0) is 27.9 Å². The number of aromatic nitrogens is 4. The molecule has 222 valence electrons. The quantitative estimate of drug-likeness (QED) is 0.0842. The Kier molecular flexibility index (Phi) is 11.8. The van der Waals surface area contributed by atoms with Gasteiger partial charge in [0.1, 0.15) is 30.1 Å². The number of carbonyl (C=O) groups is 1. The number of nitrogens with zero attached hydrogens (tertiary/aromatic N) is 6. The van der Waals surface area contributed by atoms with Crippen molar-refractivity contribution in [2.45, 2.75) is 50.3 Å². The van der Waals surface area contributed by atoms with Crippen molar-refractivity contribution in [3.63, 3.8) is 0 Å². The second-order valence-corrected chi connectivity index (χ2v) is 10.6. The number of ether oxygens (including phenoxy) is 2. The van der Waals surface area contributed by atoms with Crippen molar-refractivity contribution in [3.05, 3.63) is 24.9 Å². The maximum Gasteiger partial charge on any atom is 0.469 e. The van der Waals surface area contributed by atoms with Crippen LogP contribution >= 0.6 is 16.4 Å². The largest absolute Gasteiger partial charge is 0.469 e. The van der Waals surface area contributed by atoms with Gasteiger partial charge in [0.15, 0.2) is 11.5 Å². The van der Waals surface area contributed by atoms with Crippen LogP contribution in [0.1, 0.15) is 31.9 Å². The monoisotopic (exact) mass is 606 g/mol. The maximum atomic E-state index is 10.7. The molecule has 2 aliphatic rings. The Balaban J connectivity index is 0.000000222. The molecule has 2 aliphatic heterocycles. The van der Waals surface area contributed by atoms with Gasteiger partial charge in [-0.15, -0.1) is 0 Å². The molecule has 4 heterocycles. The van der Waals surface area contributed by atoms with E-state index in [2.05, 4.69) is 24.5 Å². The molecule has 8 N–H and O–H groups in total. The van der Waals surface area contributed by atoms with Crippen LogP contribution in [0, 0.1) is 0 Å². The molecule has 18 nitrogen and oxygen atoms in total. The molecule has 4 unspecified atom stereocenters. The zero-order chi connectivity index (χ0) is 29.3. The van der Waals surface area contributed by atoms with E-state index in [1.54, 1.807) is 22.0 Å². The van der Waals surface area contributed by atoms with E-state index in [1.807, 2.05) is 7.05 Å². The lowest BCUT2D eigenvalue weighted by Gasteiger charge is -2.22. The van der Waals surface area contributed by atoms with E-state index in [9.17, 15) is 9.36 Å². The van der Waals surface area contributed by atoms with E-state index in [4.69, 9.17) is 45.0 Å². The minimum atomic E-state index is -4.48. The average molecular weight is 606 g/mol. The van der Waals surface area contributed by atoms with Gasteiger partial charge in [0.25, 0.3) is 0 Å². The number of hydrogen-bond donors (Lipinski definition) is 6. The molecule has 4 atom stereocenters. The standard InChI is InChI=1S/C10H14N5O5P.C10H18N3O5P/c11-9-8-10(13-4-12-9)15(5-14-8)7-2-1-6(20-7)3-19-21(16,17)18;1-13(5-4-9(11)12-7-14)10-3-2-8(18-10)6-17-19(15)16/h4-7H,1-3H2,(H2,11,12,13)(H2,16,17,18);4-5,7-8,10,15-16H,2-3,6H2,1H3,(H2,11,12,14)/b;5-4-. The molecule has 1 amide bonds. The number of phosphoric ester groups is 1. The SMILES string of the molecule is CN(/C=C\C(N)=NC=O)C1CCC(COP(O)O)O1.Nc1ncnc2c1ncn2C1CCC(COP(=O)(O)O)O1. The summed E-state index contributed by atoms with van der Waals surface area (Å²) in [6, 6.07) is 0. The second-order valence-electron chi connectivity index (χ2n) is 8.64. The lowest BCUT2D eigenvalue weighted by Crippen LogP contribution is -2.28. The Morgan fingerprint density at radius 2 is 1.95 bits per heavy atom. The van der Waals surface area contributed by atoms with Crippen LogP contribution in [0.4, 0.5) is 5.82 Å². The highest BCUT2D eigenvalue weighted by Gasteiger charge is 2.30. The molecule has 0 radical (unpaired) electrons. The van der Waals surface area contributed by atoms with Gasteiger partial charge in [-0.2, -0.15) is 4.99 Å². The summed E-state index contributed by atoms with van der Waals surface area (Å²) in [6.07, 6.45) is 8.27. The third kappa shape index (κ3) is 9.78. The van der Waals surface area contributed by atoms with Crippen molar-refractivity contribution in [3.8, 4) is 0 Å². The second kappa shape index (κ2) is 14.8. The highest BCUT2D eigenvalue weighted by Crippen LogP contribution is 2.38. The molecule has 2 saturated heterocycles. The fourth-order valence-corrected chi connectivity index (χ4v) is 4.59. The fraction of sp³-hybridized carbons (Fsp3) is 0.550. The molecular weight excluding hydrogens is 574 g/mol. The third-order valence-corrected chi connectivity index (χ3v) is 6.67. The minimum absolute atomic E-state index is 0.117. The van der Waals surface area contributed by atoms with Gasteiger partial charge in [0.2, 0.25) is 6.41 Å². The van der Waals surface area contributed by atoms with Gasteiger partial charge in [-0.3, -0.25) is 13.9 Å². The molecule has 0 spiro atoms. The number of anilines is 1. The van der Waals surface area contributed by atoms with Gasteiger partial charge in [-0.05, 0) is 31.8 Å². The number of hydrogen-bond acceptors (Lipinski definition) is 13. The summed E-state index contributed by atoms with van der Waals surface area (Å²) in [6.45, 7) is -0.00791. The number of nitrogens with two attached hydrogens (primary N) is 2. The summed E-state index contributed by atoms with van der Waals surface area (Å²) in [4.78, 5) is 62.1. The van der Waals surface area contributed by atoms with E-state index in [1.165, 1.54) is 12.4 Å². The number of fused-ring (bicyclic) bond motifs is 1. The number of rotatable bonds is 11. The maximum absolute atomic E-state index is 10.7. The van der Waals surface area contributed by atoms with Crippen LogP contribution in [0.15, 0.2) is 29.9 Å². The molecule has 20 heteroatoms. The van der Waals surface area contributed by atoms with E-state index in [0.717, 1.165) is 12.8 Å². The highest BCUT2D eigenvalue weighted by atomic mass is 31.2. The van der Waals surface area contributed by atoms with Gasteiger partial charge in [0.05, 0.1) is 31.7 Å². The van der Waals surface area contributed by atoms with Gasteiger partial charge < -0.3 is 49.9 Å². The first kappa shape index (κ1) is 31.9. The predicted molar refractivity (Wildman–Crippen MR) is 141 cm³/mol. The minimum Gasteiger partial charge on any atom is -0.384 e. The molecule has 4 rings (SSSR count). The number of aliphatic imine (C=N–C) groups is 1. The van der Waals surface area contributed by atoms with Gasteiger partial charge in [-0.25, -0.2) is 19.5 Å². The number of carbonyl (C=O) groups excluding carboxylic acids is 1. The van der Waals surface area contributed by atoms with Crippen LogP contribution in [0.2, 0.25) is 0 Å². The Bertz CT molecular complexity index is 1230. The molecular formula is C20H32N8O10P2. The van der Waals surface area contributed by atoms with Crippen molar-refractivity contribution >= 4 is 45.7 Å². The van der Waals surface area contributed by atoms with Crippen molar-refractivity contribution in [1.82, 2.24) is 24.4 Å². The first-order valence-electron chi connectivity index (χ1n) is 11.9. The van der Waals surface area contributed by atoms with E-state index in [-0.39, 0.29) is 49.5 Å². The van der Waals surface area contributed by atoms with E-state index >= 15 is 0 Å². The number of nitrogen functional groups attached to an aromatic ring is 1. The smallest absolute Gasteiger partial charge is 0.384 e. The van der Waals surface area contributed by atoms with Gasteiger partial charge in [0, 0.05) is 13.2 Å². The van der Waals surface area contributed by atoms with Crippen LogP contribution < -0.4 is 11.5 Å². The molecule has 0 bridgehead atoms. The van der Waals surface area contributed by atoms with Gasteiger partial charge in [-0.1, -0.05) is 0 Å². The Labute approximate surface area is 229 Å². The normalized spacial score (nSPS) is 23.6. The summed E-state index contributed by atoms with van der Waals surface area (Å²) in [5.74, 6) is 0.407. The van der Waals surface area contributed by atoms with Crippen LogP contribution in [-0.4, -0.2) is 94.9 Å². The molecule has 2 aromatic rings. The summed E-state index contributed by atoms with van der Waals surface area (Å²) >= 11 is 0. The Hall–Kier alpha value is -2.63. The summed E-state index contributed by atoms with van der Waals surface area (Å²) in [5, 5.41) is 0. The van der Waals surface area contributed by atoms with E-state index < -0.39 is 16.4 Å². The van der Waals surface area contributed by atoms with Crippen molar-refractivity contribution in [1.29, 1.82) is 0 Å². The third-order valence-electron chi connectivity index (χ3n) is 5.81. The zero-order valence-electron chi connectivity index (χ0n) is 21.4. The van der Waals surface area contributed by atoms with E-state index in [0.29, 0.717) is 30.4 Å². The first-order valence-corrected chi connectivity index (χ1v) is 14.6. The van der Waals surface area contributed by atoms with Crippen LogP contribution in [0.3, 0.4) is 0 Å². The lowest BCUT2D eigenvalue weighted by molar-refractivity contribution is -0.106. The fourth-order valence-electron chi connectivity index (χ4n) is 3.93. The molecule has 0 aliphatic carbocycles. The summed E-state index contributed by atoms with van der Waals surface area (Å²) in [5.41, 5.74) is 12.2. The predicted octanol–water partition coefficient (Wildman–Crippen LogP) is -0.126. The molecule has 2 fully saturated rings. The number of imidazole rings is 1. The molecule has 0 aromatic carbocycles. The number of amides is 1. The molecule has 2 aromatic heterocycles. The molecule has 40 heavy (non-hydrogen) atoms. The Morgan fingerprint density at radius 3 is 2.65 bits per heavy atom. The summed E-state index contributed by atoms with van der Waals surface area (Å²) in [7, 11) is -5.01. The van der Waals surface area contributed by atoms with Crippen molar-refractivity contribution in [2.24, 2.45) is 10.7 Å². The number of amidine groups is 1. The average Bonchev–Trinajstić information content (AvgIpc) is 3.65. The van der Waals surface area contributed by atoms with Crippen LogP contribution in [0.5, 0.6) is 0 Å². The summed E-state index contributed by atoms with van der Waals surface area (Å²) < 4.78 is 32.9. The lowest BCUT2D eigenvalue weighted by atomic mass is 10.2. The zero-order valence-corrected chi connectivity index (χ0v) is 23.2. The van der Waals surface area contributed by atoms with Crippen molar-refractivity contribution in [2.75, 3.05) is 26.0 Å². The number of phosphoric acid groups is 1. The topological polar surface area (TPSA) is 263 Å². The van der Waals surface area contributed by atoms with Crippen molar-refractivity contribution < 1.29 is 47.5 Å². The molecule has 0 saturated carbocycles. The highest BCUT2D eigenvalue weighted by molar-refractivity contribution is 7.46.